The van der Waals surface area contributed by atoms with Gasteiger partial charge in [0.15, 0.2) is 11.5 Å². The first-order chi connectivity index (χ1) is 9.22. The maximum Gasteiger partial charge on any atom is 0.303 e. The number of nitrogens with zero attached hydrogens (tertiary/aromatic N) is 4. The second-order valence-electron chi connectivity index (χ2n) is 4.62. The van der Waals surface area contributed by atoms with Gasteiger partial charge in [0.1, 0.15) is 6.07 Å². The van der Waals surface area contributed by atoms with Crippen molar-refractivity contribution in [3.8, 4) is 6.07 Å². The molecule has 0 aliphatic carbocycles. The van der Waals surface area contributed by atoms with E-state index in [2.05, 4.69) is 9.97 Å². The van der Waals surface area contributed by atoms with Crippen LogP contribution in [0.15, 0.2) is 12.4 Å². The van der Waals surface area contributed by atoms with E-state index in [9.17, 15) is 4.79 Å². The van der Waals surface area contributed by atoms with Crippen LogP contribution < -0.4 is 4.90 Å². The van der Waals surface area contributed by atoms with E-state index in [0.717, 1.165) is 25.8 Å². The van der Waals surface area contributed by atoms with Gasteiger partial charge in [-0.2, -0.15) is 5.26 Å². The molecule has 19 heavy (non-hydrogen) atoms. The zero-order chi connectivity index (χ0) is 13.7. The normalized spacial score (nSPS) is 18.9. The highest BCUT2D eigenvalue weighted by Gasteiger charge is 2.26. The van der Waals surface area contributed by atoms with Crippen LogP contribution in [0.4, 0.5) is 5.82 Å². The molecule has 0 aromatic carbocycles. The Balaban J connectivity index is 2.19. The Labute approximate surface area is 111 Å². The SMILES string of the molecule is N#Cc1nccnc1N1CCCCC1CCC(=O)O. The van der Waals surface area contributed by atoms with Gasteiger partial charge in [-0.1, -0.05) is 0 Å². The van der Waals surface area contributed by atoms with Crippen LogP contribution in [0.25, 0.3) is 0 Å². The number of hydrogen-bond donors (Lipinski definition) is 1. The molecule has 100 valence electrons. The van der Waals surface area contributed by atoms with Crippen molar-refractivity contribution in [2.75, 3.05) is 11.4 Å². The van der Waals surface area contributed by atoms with Gasteiger partial charge in [0.2, 0.25) is 0 Å². The van der Waals surface area contributed by atoms with E-state index >= 15 is 0 Å². The Kier molecular flexibility index (Phi) is 4.29. The summed E-state index contributed by atoms with van der Waals surface area (Å²) < 4.78 is 0. The third-order valence-electron chi connectivity index (χ3n) is 3.38. The van der Waals surface area contributed by atoms with E-state index < -0.39 is 5.97 Å². The maximum atomic E-state index is 10.7. The molecule has 6 nitrogen and oxygen atoms in total. The molecule has 1 aromatic rings. The minimum atomic E-state index is -0.787. The van der Waals surface area contributed by atoms with Gasteiger partial charge in [0.25, 0.3) is 0 Å². The van der Waals surface area contributed by atoms with E-state index in [1.54, 1.807) is 6.20 Å². The fourth-order valence-corrected chi connectivity index (χ4v) is 2.49. The lowest BCUT2D eigenvalue weighted by Gasteiger charge is -2.36. The number of carbonyl (C=O) groups is 1. The van der Waals surface area contributed by atoms with Crippen LogP contribution in [0.3, 0.4) is 0 Å². The third-order valence-corrected chi connectivity index (χ3v) is 3.38. The smallest absolute Gasteiger partial charge is 0.303 e. The highest BCUT2D eigenvalue weighted by Crippen LogP contribution is 2.27. The van der Waals surface area contributed by atoms with Crippen LogP contribution in [0.2, 0.25) is 0 Å². The van der Waals surface area contributed by atoms with E-state index in [1.165, 1.54) is 6.20 Å². The van der Waals surface area contributed by atoms with Crippen LogP contribution in [0.5, 0.6) is 0 Å². The van der Waals surface area contributed by atoms with E-state index in [-0.39, 0.29) is 12.5 Å². The second-order valence-corrected chi connectivity index (χ2v) is 4.62. The molecule has 1 N–H and O–H groups in total. The minimum absolute atomic E-state index is 0.133. The Morgan fingerprint density at radius 2 is 2.26 bits per heavy atom. The molecule has 0 bridgehead atoms. The van der Waals surface area contributed by atoms with Crippen molar-refractivity contribution < 1.29 is 9.90 Å². The van der Waals surface area contributed by atoms with Gasteiger partial charge in [-0.05, 0) is 25.7 Å². The largest absolute Gasteiger partial charge is 0.481 e. The van der Waals surface area contributed by atoms with Gasteiger partial charge in [-0.3, -0.25) is 4.79 Å². The minimum Gasteiger partial charge on any atom is -0.481 e. The number of carboxylic acid groups (broad SMARTS) is 1. The molecule has 2 rings (SSSR count). The first kappa shape index (κ1) is 13.3. The van der Waals surface area contributed by atoms with Gasteiger partial charge >= 0.3 is 5.97 Å². The lowest BCUT2D eigenvalue weighted by atomic mass is 9.97. The number of rotatable bonds is 4. The predicted octanol–water partition coefficient (Wildman–Crippen LogP) is 1.57. The van der Waals surface area contributed by atoms with Gasteiger partial charge in [-0.15, -0.1) is 0 Å². The second kappa shape index (κ2) is 6.14. The predicted molar refractivity (Wildman–Crippen MR) is 68.6 cm³/mol. The average Bonchev–Trinajstić information content (AvgIpc) is 2.45. The monoisotopic (exact) mass is 260 g/mol. The summed E-state index contributed by atoms with van der Waals surface area (Å²) in [4.78, 5) is 21.0. The summed E-state index contributed by atoms with van der Waals surface area (Å²) in [6.45, 7) is 0.803. The van der Waals surface area contributed by atoms with Crippen LogP contribution in [-0.4, -0.2) is 33.6 Å². The summed E-state index contributed by atoms with van der Waals surface area (Å²) in [5.74, 6) is -0.203. The molecule has 0 radical (unpaired) electrons. The summed E-state index contributed by atoms with van der Waals surface area (Å²) in [5.41, 5.74) is 0.310. The van der Waals surface area contributed by atoms with Crippen molar-refractivity contribution in [2.45, 2.75) is 38.1 Å². The highest BCUT2D eigenvalue weighted by molar-refractivity contribution is 5.66. The quantitative estimate of drug-likeness (QED) is 0.883. The molecule has 0 saturated carbocycles. The van der Waals surface area contributed by atoms with Crippen LogP contribution >= 0.6 is 0 Å². The molecule has 2 heterocycles. The third kappa shape index (κ3) is 3.19. The number of carboxylic acids is 1. The van der Waals surface area contributed by atoms with Crippen LogP contribution in [0.1, 0.15) is 37.8 Å². The number of hydrogen-bond acceptors (Lipinski definition) is 5. The van der Waals surface area contributed by atoms with Crippen molar-refractivity contribution in [1.29, 1.82) is 5.26 Å². The van der Waals surface area contributed by atoms with E-state index in [0.29, 0.717) is 17.9 Å². The molecular formula is C13H16N4O2. The molecule has 0 spiro atoms. The fourth-order valence-electron chi connectivity index (χ4n) is 2.49. The summed E-state index contributed by atoms with van der Waals surface area (Å²) in [6.07, 6.45) is 6.85. The number of nitriles is 1. The molecule has 1 saturated heterocycles. The van der Waals surface area contributed by atoms with Crippen molar-refractivity contribution in [2.24, 2.45) is 0 Å². The average molecular weight is 260 g/mol. The molecule has 1 unspecified atom stereocenters. The fraction of sp³-hybridized carbons (Fsp3) is 0.538. The standard InChI is InChI=1S/C13H16N4O2/c14-9-11-13(16-7-6-15-11)17-8-2-1-3-10(17)4-5-12(18)19/h6-7,10H,1-5,8H2,(H,18,19). The topological polar surface area (TPSA) is 90.1 Å². The van der Waals surface area contributed by atoms with E-state index in [1.807, 2.05) is 11.0 Å². The number of aromatic nitrogens is 2. The maximum absolute atomic E-state index is 10.7. The van der Waals surface area contributed by atoms with Crippen molar-refractivity contribution in [1.82, 2.24) is 9.97 Å². The molecule has 1 fully saturated rings. The summed E-state index contributed by atoms with van der Waals surface area (Å²) in [5, 5.41) is 17.9. The van der Waals surface area contributed by atoms with Crippen LogP contribution in [0, 0.1) is 11.3 Å². The first-order valence-electron chi connectivity index (χ1n) is 6.42. The molecule has 1 atom stereocenters. The first-order valence-corrected chi connectivity index (χ1v) is 6.42. The molecule has 1 aliphatic heterocycles. The molecule has 1 aromatic heterocycles. The van der Waals surface area contributed by atoms with Gasteiger partial charge < -0.3 is 10.0 Å². The van der Waals surface area contributed by atoms with Gasteiger partial charge in [0.05, 0.1) is 0 Å². The number of aliphatic carboxylic acids is 1. The van der Waals surface area contributed by atoms with Crippen molar-refractivity contribution in [3.63, 3.8) is 0 Å². The Hall–Kier alpha value is -2.16. The van der Waals surface area contributed by atoms with Crippen LogP contribution in [-0.2, 0) is 4.79 Å². The highest BCUT2D eigenvalue weighted by atomic mass is 16.4. The number of piperidine rings is 1. The van der Waals surface area contributed by atoms with Gasteiger partial charge in [-0.25, -0.2) is 9.97 Å². The summed E-state index contributed by atoms with van der Waals surface area (Å²) in [6, 6.07) is 2.18. The molecule has 6 heteroatoms. The lowest BCUT2D eigenvalue weighted by Crippen LogP contribution is -2.41. The van der Waals surface area contributed by atoms with Crippen molar-refractivity contribution >= 4 is 11.8 Å². The Morgan fingerprint density at radius 1 is 1.47 bits per heavy atom. The zero-order valence-electron chi connectivity index (χ0n) is 10.6. The Bertz CT molecular complexity index is 498. The zero-order valence-corrected chi connectivity index (χ0v) is 10.6. The molecular weight excluding hydrogens is 244 g/mol. The van der Waals surface area contributed by atoms with E-state index in [4.69, 9.17) is 10.4 Å². The van der Waals surface area contributed by atoms with Crippen molar-refractivity contribution in [3.05, 3.63) is 18.1 Å². The molecule has 1 aliphatic rings. The summed E-state index contributed by atoms with van der Waals surface area (Å²) in [7, 11) is 0. The summed E-state index contributed by atoms with van der Waals surface area (Å²) >= 11 is 0. The Morgan fingerprint density at radius 3 is 3.00 bits per heavy atom. The lowest BCUT2D eigenvalue weighted by molar-refractivity contribution is -0.137. The number of anilines is 1. The van der Waals surface area contributed by atoms with Gasteiger partial charge in [0, 0.05) is 31.4 Å². The molecule has 0 amide bonds.